The van der Waals surface area contributed by atoms with Crippen molar-refractivity contribution < 1.29 is 14.0 Å². The van der Waals surface area contributed by atoms with Crippen LogP contribution in [0.2, 0.25) is 0 Å². The molecule has 2 heterocycles. The molecule has 3 atom stereocenters. The predicted octanol–water partition coefficient (Wildman–Crippen LogP) is 3.33. The third kappa shape index (κ3) is 4.62. The molecule has 1 saturated heterocycles. The van der Waals surface area contributed by atoms with Gasteiger partial charge in [0.15, 0.2) is 0 Å². The Morgan fingerprint density at radius 2 is 1.88 bits per heavy atom. The standard InChI is InChI=1S/C23H27BrFN5O2/c1-14-11-19(25)21-20(14)22(28-13-27-21)29-7-9-30(10-8-29)23(32)18(12-26-15(2)31)16-3-5-17(24)6-4-16/h3-6,13-14,18-19H,7-12H2,1-2H3,(H,26,31)/t14-,18-,19-/m1/s1. The summed E-state index contributed by atoms with van der Waals surface area (Å²) in [7, 11) is 0. The van der Waals surface area contributed by atoms with Crippen molar-refractivity contribution in [3.05, 3.63) is 51.9 Å². The van der Waals surface area contributed by atoms with Crippen molar-refractivity contribution in [2.75, 3.05) is 37.6 Å². The van der Waals surface area contributed by atoms with Crippen LogP contribution in [0.25, 0.3) is 0 Å². The molecule has 1 aromatic heterocycles. The Balaban J connectivity index is 1.47. The number of piperazine rings is 1. The Morgan fingerprint density at radius 1 is 1.19 bits per heavy atom. The number of hydrogen-bond donors (Lipinski definition) is 1. The van der Waals surface area contributed by atoms with E-state index in [1.807, 2.05) is 36.1 Å². The van der Waals surface area contributed by atoms with Crippen LogP contribution in [-0.4, -0.2) is 59.4 Å². The molecule has 1 aliphatic heterocycles. The summed E-state index contributed by atoms with van der Waals surface area (Å²) < 4.78 is 15.2. The molecule has 2 amide bonds. The van der Waals surface area contributed by atoms with Crippen molar-refractivity contribution in [1.82, 2.24) is 20.2 Å². The van der Waals surface area contributed by atoms with Gasteiger partial charge in [0.2, 0.25) is 11.8 Å². The number of nitrogens with zero attached hydrogens (tertiary/aromatic N) is 4. The van der Waals surface area contributed by atoms with Crippen LogP contribution in [0.1, 0.15) is 55.1 Å². The lowest BCUT2D eigenvalue weighted by Gasteiger charge is -2.38. The molecule has 1 aromatic carbocycles. The topological polar surface area (TPSA) is 78.4 Å². The highest BCUT2D eigenvalue weighted by Gasteiger charge is 2.35. The molecule has 0 radical (unpaired) electrons. The number of nitrogens with one attached hydrogen (secondary N) is 1. The van der Waals surface area contributed by atoms with Gasteiger partial charge in [-0.15, -0.1) is 0 Å². The van der Waals surface area contributed by atoms with Gasteiger partial charge in [0.05, 0.1) is 11.6 Å². The normalized spacial score (nSPS) is 21.2. The second-order valence-corrected chi connectivity index (χ2v) is 9.37. The number of benzene rings is 1. The Morgan fingerprint density at radius 3 is 2.53 bits per heavy atom. The summed E-state index contributed by atoms with van der Waals surface area (Å²) in [6.07, 6.45) is 0.843. The number of alkyl halides is 1. The van der Waals surface area contributed by atoms with E-state index in [2.05, 4.69) is 36.1 Å². The van der Waals surface area contributed by atoms with Gasteiger partial charge in [-0.2, -0.15) is 0 Å². The maximum atomic E-state index is 14.3. The molecule has 170 valence electrons. The van der Waals surface area contributed by atoms with Gasteiger partial charge >= 0.3 is 0 Å². The van der Waals surface area contributed by atoms with Gasteiger partial charge in [-0.3, -0.25) is 9.59 Å². The number of carbonyl (C=O) groups is 2. The van der Waals surface area contributed by atoms with Crippen LogP contribution >= 0.6 is 15.9 Å². The summed E-state index contributed by atoms with van der Waals surface area (Å²) in [5.41, 5.74) is 2.27. The molecule has 0 saturated carbocycles. The summed E-state index contributed by atoms with van der Waals surface area (Å²) in [6.45, 7) is 6.03. The minimum absolute atomic E-state index is 0.00849. The predicted molar refractivity (Wildman–Crippen MR) is 123 cm³/mol. The second-order valence-electron chi connectivity index (χ2n) is 8.45. The van der Waals surface area contributed by atoms with Gasteiger partial charge < -0.3 is 15.1 Å². The quantitative estimate of drug-likeness (QED) is 0.676. The van der Waals surface area contributed by atoms with Crippen LogP contribution < -0.4 is 10.2 Å². The van der Waals surface area contributed by atoms with E-state index >= 15 is 0 Å². The number of carbonyl (C=O) groups excluding carboxylic acids is 2. The van der Waals surface area contributed by atoms with Crippen molar-refractivity contribution in [2.45, 2.75) is 38.3 Å². The van der Waals surface area contributed by atoms with E-state index in [1.54, 1.807) is 0 Å². The molecule has 2 aromatic rings. The summed E-state index contributed by atoms with van der Waals surface area (Å²) in [6, 6.07) is 7.61. The molecular weight excluding hydrogens is 477 g/mol. The van der Waals surface area contributed by atoms with Crippen molar-refractivity contribution >= 4 is 33.6 Å². The van der Waals surface area contributed by atoms with Gasteiger partial charge in [0.1, 0.15) is 18.3 Å². The Bertz CT molecular complexity index is 994. The smallest absolute Gasteiger partial charge is 0.232 e. The van der Waals surface area contributed by atoms with Crippen LogP contribution in [0.15, 0.2) is 35.1 Å². The molecule has 4 rings (SSSR count). The molecule has 7 nitrogen and oxygen atoms in total. The minimum atomic E-state index is -1.04. The zero-order chi connectivity index (χ0) is 22.8. The van der Waals surface area contributed by atoms with Gasteiger partial charge in [0.25, 0.3) is 0 Å². The van der Waals surface area contributed by atoms with Crippen molar-refractivity contribution in [2.24, 2.45) is 0 Å². The highest BCUT2D eigenvalue weighted by Crippen LogP contribution is 2.44. The van der Waals surface area contributed by atoms with E-state index in [-0.39, 0.29) is 24.3 Å². The zero-order valence-corrected chi connectivity index (χ0v) is 19.8. The van der Waals surface area contributed by atoms with Crippen molar-refractivity contribution in [3.63, 3.8) is 0 Å². The molecule has 1 aliphatic carbocycles. The van der Waals surface area contributed by atoms with Crippen LogP contribution in [-0.2, 0) is 9.59 Å². The largest absolute Gasteiger partial charge is 0.355 e. The first kappa shape index (κ1) is 22.6. The Labute approximate surface area is 195 Å². The molecular formula is C23H27BrFN5O2. The Kier molecular flexibility index (Phi) is 6.74. The fraction of sp³-hybridized carbons (Fsp3) is 0.478. The van der Waals surface area contributed by atoms with E-state index in [0.717, 1.165) is 21.4 Å². The first-order valence-corrected chi connectivity index (χ1v) is 11.7. The van der Waals surface area contributed by atoms with Gasteiger partial charge in [-0.1, -0.05) is 35.0 Å². The molecule has 0 unspecified atom stereocenters. The molecule has 9 heteroatoms. The number of aromatic nitrogens is 2. The summed E-state index contributed by atoms with van der Waals surface area (Å²) >= 11 is 3.42. The number of amides is 2. The van der Waals surface area contributed by atoms with E-state index in [1.165, 1.54) is 13.3 Å². The number of fused-ring (bicyclic) bond motifs is 1. The Hall–Kier alpha value is -2.55. The summed E-state index contributed by atoms with van der Waals surface area (Å²) in [4.78, 5) is 37.5. The van der Waals surface area contributed by atoms with E-state index < -0.39 is 12.1 Å². The highest BCUT2D eigenvalue weighted by molar-refractivity contribution is 9.10. The third-order valence-corrected chi connectivity index (χ3v) is 6.79. The molecule has 0 spiro atoms. The molecule has 2 aliphatic rings. The molecule has 1 N–H and O–H groups in total. The molecule has 0 bridgehead atoms. The average molecular weight is 504 g/mol. The lowest BCUT2D eigenvalue weighted by molar-refractivity contribution is -0.133. The van der Waals surface area contributed by atoms with Crippen molar-refractivity contribution in [3.8, 4) is 0 Å². The van der Waals surface area contributed by atoms with Crippen LogP contribution in [0, 0.1) is 0 Å². The van der Waals surface area contributed by atoms with E-state index in [0.29, 0.717) is 38.3 Å². The number of halogens is 2. The SMILES string of the molecule is CC(=O)NC[C@@H](C(=O)N1CCN(c2ncnc3c2[C@H](C)C[C@H]3F)CC1)c1ccc(Br)cc1. The first-order valence-electron chi connectivity index (χ1n) is 10.9. The van der Waals surface area contributed by atoms with Gasteiger partial charge in [-0.25, -0.2) is 14.4 Å². The summed E-state index contributed by atoms with van der Waals surface area (Å²) in [5.74, 6) is 0.246. The zero-order valence-electron chi connectivity index (χ0n) is 18.2. The van der Waals surface area contributed by atoms with E-state index in [4.69, 9.17) is 0 Å². The lowest BCUT2D eigenvalue weighted by Crippen LogP contribution is -2.51. The van der Waals surface area contributed by atoms with Crippen LogP contribution in [0.3, 0.4) is 0 Å². The van der Waals surface area contributed by atoms with Crippen LogP contribution in [0.4, 0.5) is 10.2 Å². The van der Waals surface area contributed by atoms with Crippen LogP contribution in [0.5, 0.6) is 0 Å². The average Bonchev–Trinajstić information content (AvgIpc) is 3.08. The first-order chi connectivity index (χ1) is 15.3. The maximum absolute atomic E-state index is 14.3. The second kappa shape index (κ2) is 9.52. The fourth-order valence-corrected chi connectivity index (χ4v) is 4.83. The fourth-order valence-electron chi connectivity index (χ4n) is 4.56. The minimum Gasteiger partial charge on any atom is -0.355 e. The highest BCUT2D eigenvalue weighted by atomic mass is 79.9. The molecule has 32 heavy (non-hydrogen) atoms. The molecule has 1 fully saturated rings. The van der Waals surface area contributed by atoms with Crippen molar-refractivity contribution in [1.29, 1.82) is 0 Å². The van der Waals surface area contributed by atoms with Gasteiger partial charge in [0, 0.05) is 49.7 Å². The van der Waals surface area contributed by atoms with Gasteiger partial charge in [-0.05, 0) is 30.0 Å². The number of hydrogen-bond acceptors (Lipinski definition) is 5. The summed E-state index contributed by atoms with van der Waals surface area (Å²) in [5, 5.41) is 2.79. The maximum Gasteiger partial charge on any atom is 0.232 e. The number of anilines is 1. The number of rotatable bonds is 5. The van der Waals surface area contributed by atoms with E-state index in [9.17, 15) is 14.0 Å². The lowest BCUT2D eigenvalue weighted by atomic mass is 9.97. The third-order valence-electron chi connectivity index (χ3n) is 6.26. The monoisotopic (exact) mass is 503 g/mol.